The van der Waals surface area contributed by atoms with Gasteiger partial charge in [0, 0.05) is 27.3 Å². The van der Waals surface area contributed by atoms with E-state index in [9.17, 15) is 18.8 Å². The summed E-state index contributed by atoms with van der Waals surface area (Å²) in [5.74, 6) is -1.53. The van der Waals surface area contributed by atoms with Crippen LogP contribution in [-0.2, 0) is 4.79 Å². The smallest absolute Gasteiger partial charge is 0.272 e. The Morgan fingerprint density at radius 1 is 0.816 bits per heavy atom. The third-order valence-electron chi connectivity index (χ3n) is 5.39. The molecular formula is C30H22ClFN2O3S. The molecule has 38 heavy (non-hydrogen) atoms. The number of carbonyl (C=O) groups is 3. The zero-order valence-corrected chi connectivity index (χ0v) is 21.6. The first-order valence-electron chi connectivity index (χ1n) is 11.6. The Bertz CT molecular complexity index is 1490. The van der Waals surface area contributed by atoms with Gasteiger partial charge >= 0.3 is 0 Å². The molecular weight excluding hydrogens is 523 g/mol. The molecule has 0 unspecified atom stereocenters. The SMILES string of the molecule is O=C(Nc1ccc(SCC(=O)c2ccccc2Cl)cc1)/C(=C/c1ccccc1F)NC(=O)c1ccccc1. The van der Waals surface area contributed by atoms with Crippen molar-refractivity contribution in [2.75, 3.05) is 11.1 Å². The van der Waals surface area contributed by atoms with E-state index in [0.717, 1.165) is 4.90 Å². The largest absolute Gasteiger partial charge is 0.321 e. The van der Waals surface area contributed by atoms with Gasteiger partial charge in [-0.1, -0.05) is 60.1 Å². The van der Waals surface area contributed by atoms with Crippen molar-refractivity contribution < 1.29 is 18.8 Å². The maximum absolute atomic E-state index is 14.3. The highest BCUT2D eigenvalue weighted by molar-refractivity contribution is 8.00. The van der Waals surface area contributed by atoms with Gasteiger partial charge in [-0.25, -0.2) is 4.39 Å². The first kappa shape index (κ1) is 26.9. The van der Waals surface area contributed by atoms with Crippen molar-refractivity contribution in [1.82, 2.24) is 5.32 Å². The molecule has 4 aromatic carbocycles. The normalized spacial score (nSPS) is 11.1. The van der Waals surface area contributed by atoms with E-state index in [2.05, 4.69) is 10.6 Å². The Balaban J connectivity index is 1.45. The van der Waals surface area contributed by atoms with Crippen molar-refractivity contribution in [2.45, 2.75) is 4.90 Å². The fraction of sp³-hybridized carbons (Fsp3) is 0.0333. The van der Waals surface area contributed by atoms with Gasteiger partial charge in [0.2, 0.25) is 0 Å². The predicted octanol–water partition coefficient (Wildman–Crippen LogP) is 6.86. The van der Waals surface area contributed by atoms with Crippen LogP contribution in [0.2, 0.25) is 5.02 Å². The molecule has 0 atom stereocenters. The summed E-state index contributed by atoms with van der Waals surface area (Å²) in [6, 6.07) is 28.1. The minimum Gasteiger partial charge on any atom is -0.321 e. The monoisotopic (exact) mass is 544 g/mol. The first-order chi connectivity index (χ1) is 18.4. The Morgan fingerprint density at radius 3 is 2.18 bits per heavy atom. The summed E-state index contributed by atoms with van der Waals surface area (Å²) in [7, 11) is 0. The van der Waals surface area contributed by atoms with Crippen LogP contribution in [0.4, 0.5) is 10.1 Å². The lowest BCUT2D eigenvalue weighted by Gasteiger charge is -2.12. The van der Waals surface area contributed by atoms with Gasteiger partial charge in [-0.3, -0.25) is 14.4 Å². The Kier molecular flexibility index (Phi) is 9.08. The van der Waals surface area contributed by atoms with E-state index in [1.807, 2.05) is 0 Å². The standard InChI is InChI=1S/C30H22ClFN2O3S/c31-25-12-6-5-11-24(25)28(35)19-38-23-16-14-22(15-17-23)33-30(37)27(18-21-10-4-7-13-26(21)32)34-29(36)20-8-2-1-3-9-20/h1-18H,19H2,(H,33,37)(H,34,36)/b27-18-. The van der Waals surface area contributed by atoms with Crippen LogP contribution < -0.4 is 10.6 Å². The Morgan fingerprint density at radius 2 is 1.47 bits per heavy atom. The van der Waals surface area contributed by atoms with Crippen LogP contribution in [0.15, 0.2) is 114 Å². The molecule has 0 saturated carbocycles. The number of nitrogens with one attached hydrogen (secondary N) is 2. The zero-order valence-electron chi connectivity index (χ0n) is 20.0. The fourth-order valence-corrected chi connectivity index (χ4v) is 4.46. The molecule has 0 aromatic heterocycles. The highest BCUT2D eigenvalue weighted by Crippen LogP contribution is 2.24. The number of halogens is 2. The van der Waals surface area contributed by atoms with Gasteiger partial charge in [0.1, 0.15) is 11.5 Å². The lowest BCUT2D eigenvalue weighted by atomic mass is 10.1. The number of hydrogen-bond donors (Lipinski definition) is 2. The van der Waals surface area contributed by atoms with E-state index in [-0.39, 0.29) is 22.8 Å². The molecule has 2 amide bonds. The lowest BCUT2D eigenvalue weighted by molar-refractivity contribution is -0.113. The minimum atomic E-state index is -0.619. The first-order valence-corrected chi connectivity index (χ1v) is 12.9. The van der Waals surface area contributed by atoms with Gasteiger partial charge in [-0.05, 0) is 60.7 Å². The van der Waals surface area contributed by atoms with Crippen molar-refractivity contribution in [2.24, 2.45) is 0 Å². The summed E-state index contributed by atoms with van der Waals surface area (Å²) in [6.07, 6.45) is 1.29. The predicted molar refractivity (Wildman–Crippen MR) is 150 cm³/mol. The van der Waals surface area contributed by atoms with Crippen LogP contribution in [0.3, 0.4) is 0 Å². The van der Waals surface area contributed by atoms with E-state index in [4.69, 9.17) is 11.6 Å². The van der Waals surface area contributed by atoms with Crippen LogP contribution in [0, 0.1) is 5.82 Å². The second kappa shape index (κ2) is 12.9. The van der Waals surface area contributed by atoms with Gasteiger partial charge in [-0.15, -0.1) is 11.8 Å². The topological polar surface area (TPSA) is 75.3 Å². The number of ketones is 1. The average molecular weight is 545 g/mol. The second-order valence-corrected chi connectivity index (χ2v) is 9.53. The molecule has 0 bridgehead atoms. The van der Waals surface area contributed by atoms with Crippen molar-refractivity contribution >= 4 is 52.7 Å². The number of rotatable bonds is 9. The van der Waals surface area contributed by atoms with Crippen LogP contribution in [0.5, 0.6) is 0 Å². The molecule has 2 N–H and O–H groups in total. The highest BCUT2D eigenvalue weighted by atomic mass is 35.5. The number of amides is 2. The van der Waals surface area contributed by atoms with E-state index in [1.54, 1.807) is 84.9 Å². The lowest BCUT2D eigenvalue weighted by Crippen LogP contribution is -2.30. The van der Waals surface area contributed by atoms with E-state index in [0.29, 0.717) is 21.8 Å². The van der Waals surface area contributed by atoms with Crippen LogP contribution in [-0.4, -0.2) is 23.4 Å². The summed E-state index contributed by atoms with van der Waals surface area (Å²) >= 11 is 7.44. The third-order valence-corrected chi connectivity index (χ3v) is 6.73. The Labute approximate surface area is 228 Å². The maximum atomic E-state index is 14.3. The molecule has 4 aromatic rings. The van der Waals surface area contributed by atoms with Crippen LogP contribution >= 0.6 is 23.4 Å². The van der Waals surface area contributed by atoms with E-state index >= 15 is 0 Å². The van der Waals surface area contributed by atoms with Gasteiger partial charge in [0.25, 0.3) is 11.8 Å². The number of hydrogen-bond acceptors (Lipinski definition) is 4. The van der Waals surface area contributed by atoms with Gasteiger partial charge in [0.15, 0.2) is 5.78 Å². The van der Waals surface area contributed by atoms with Gasteiger partial charge < -0.3 is 10.6 Å². The maximum Gasteiger partial charge on any atom is 0.272 e. The molecule has 190 valence electrons. The van der Waals surface area contributed by atoms with Crippen LogP contribution in [0.1, 0.15) is 26.3 Å². The van der Waals surface area contributed by atoms with Crippen molar-refractivity contribution in [1.29, 1.82) is 0 Å². The zero-order chi connectivity index (χ0) is 26.9. The van der Waals surface area contributed by atoms with Crippen molar-refractivity contribution in [3.8, 4) is 0 Å². The molecule has 0 heterocycles. The fourth-order valence-electron chi connectivity index (χ4n) is 3.44. The summed E-state index contributed by atoms with van der Waals surface area (Å²) in [4.78, 5) is 39.1. The number of thioether (sulfide) groups is 1. The summed E-state index contributed by atoms with van der Waals surface area (Å²) in [6.45, 7) is 0. The average Bonchev–Trinajstić information content (AvgIpc) is 2.94. The van der Waals surface area contributed by atoms with E-state index in [1.165, 1.54) is 36.0 Å². The number of benzene rings is 4. The van der Waals surface area contributed by atoms with E-state index < -0.39 is 17.6 Å². The molecule has 5 nitrogen and oxygen atoms in total. The molecule has 8 heteroatoms. The molecule has 0 aliphatic carbocycles. The molecule has 0 fully saturated rings. The summed E-state index contributed by atoms with van der Waals surface area (Å²) in [5.41, 5.74) is 1.32. The van der Waals surface area contributed by atoms with Gasteiger partial charge in [-0.2, -0.15) is 0 Å². The summed E-state index contributed by atoms with van der Waals surface area (Å²) in [5, 5.41) is 5.72. The van der Waals surface area contributed by atoms with Crippen molar-refractivity contribution in [3.63, 3.8) is 0 Å². The number of carbonyl (C=O) groups excluding carboxylic acids is 3. The molecule has 0 saturated heterocycles. The molecule has 0 aliphatic heterocycles. The number of anilines is 1. The number of Topliss-reactive ketones (excluding diaryl/α,β-unsaturated/α-hetero) is 1. The Hall–Kier alpha value is -4.20. The van der Waals surface area contributed by atoms with Crippen LogP contribution in [0.25, 0.3) is 6.08 Å². The minimum absolute atomic E-state index is 0.0879. The molecule has 0 aliphatic rings. The second-order valence-electron chi connectivity index (χ2n) is 8.07. The molecule has 4 rings (SSSR count). The van der Waals surface area contributed by atoms with Gasteiger partial charge in [0.05, 0.1) is 10.8 Å². The highest BCUT2D eigenvalue weighted by Gasteiger charge is 2.16. The van der Waals surface area contributed by atoms with Crippen molar-refractivity contribution in [3.05, 3.63) is 136 Å². The molecule has 0 spiro atoms. The molecule has 0 radical (unpaired) electrons. The quantitative estimate of drug-likeness (QED) is 0.137. The third kappa shape index (κ3) is 7.18. The summed E-state index contributed by atoms with van der Waals surface area (Å²) < 4.78 is 14.3.